The third kappa shape index (κ3) is 4.47. The van der Waals surface area contributed by atoms with Gasteiger partial charge in [-0.3, -0.25) is 0 Å². The van der Waals surface area contributed by atoms with Crippen molar-refractivity contribution >= 4 is 10.8 Å². The number of hydrogen-bond acceptors (Lipinski definition) is 3. The molecule has 1 unspecified atom stereocenters. The molecule has 0 amide bonds. The Labute approximate surface area is 144 Å². The first-order chi connectivity index (χ1) is 10.9. The van der Waals surface area contributed by atoms with Crippen LogP contribution < -0.4 is 22.5 Å². The molecule has 1 N–H and O–H groups in total. The molecule has 2 aromatic carbocycles. The lowest BCUT2D eigenvalue weighted by atomic mass is 10.0. The minimum absolute atomic E-state index is 0. The summed E-state index contributed by atoms with van der Waals surface area (Å²) in [6, 6.07) is 12.6. The van der Waals surface area contributed by atoms with Crippen LogP contribution >= 0.6 is 0 Å². The maximum absolute atomic E-state index is 5.83. The van der Waals surface area contributed by atoms with Crippen molar-refractivity contribution in [1.82, 2.24) is 5.32 Å². The van der Waals surface area contributed by atoms with Crippen LogP contribution in [0.4, 0.5) is 0 Å². The minimum atomic E-state index is 0. The third-order valence-electron chi connectivity index (χ3n) is 4.05. The number of benzene rings is 2. The van der Waals surface area contributed by atoms with Crippen LogP contribution in [0.5, 0.6) is 5.75 Å². The fourth-order valence-electron chi connectivity index (χ4n) is 2.95. The second kappa shape index (κ2) is 8.92. The van der Waals surface area contributed by atoms with Crippen LogP contribution in [0.15, 0.2) is 49.1 Å². The Morgan fingerprint density at radius 2 is 2.13 bits per heavy atom. The summed E-state index contributed by atoms with van der Waals surface area (Å²) < 4.78 is 11.5. The van der Waals surface area contributed by atoms with E-state index in [1.165, 1.54) is 22.8 Å². The monoisotopic (exact) mass is 332 g/mol. The summed E-state index contributed by atoms with van der Waals surface area (Å²) >= 11 is 0. The van der Waals surface area contributed by atoms with E-state index in [0.717, 1.165) is 31.9 Å². The van der Waals surface area contributed by atoms with E-state index in [1.54, 1.807) is 6.08 Å². The van der Waals surface area contributed by atoms with Crippen molar-refractivity contribution in [2.45, 2.75) is 25.5 Å². The lowest BCUT2D eigenvalue weighted by Crippen LogP contribution is -3.00. The molecule has 4 heteroatoms. The zero-order valence-electron chi connectivity index (χ0n) is 13.3. The summed E-state index contributed by atoms with van der Waals surface area (Å²) in [6.45, 7) is 6.83. The molecule has 1 saturated heterocycles. The maximum Gasteiger partial charge on any atom is 0.124 e. The molecule has 2 aromatic rings. The quantitative estimate of drug-likeness (QED) is 0.756. The van der Waals surface area contributed by atoms with Crippen LogP contribution in [0.2, 0.25) is 0 Å². The maximum atomic E-state index is 5.83. The topological polar surface area (TPSA) is 30.5 Å². The number of ether oxygens (including phenoxy) is 2. The summed E-state index contributed by atoms with van der Waals surface area (Å²) in [5.74, 6) is 0.929. The van der Waals surface area contributed by atoms with Crippen LogP contribution in [-0.4, -0.2) is 25.9 Å². The average molecular weight is 333 g/mol. The Bertz CT molecular complexity index is 638. The summed E-state index contributed by atoms with van der Waals surface area (Å²) in [6.07, 6.45) is 4.46. The summed E-state index contributed by atoms with van der Waals surface area (Å²) in [5, 5.41) is 6.00. The highest BCUT2D eigenvalue weighted by Gasteiger charge is 2.15. The van der Waals surface area contributed by atoms with Gasteiger partial charge in [-0.15, -0.1) is 0 Å². The van der Waals surface area contributed by atoms with Gasteiger partial charge in [0, 0.05) is 25.3 Å². The fraction of sp³-hybridized carbons (Fsp3) is 0.368. The fourth-order valence-corrected chi connectivity index (χ4v) is 2.95. The third-order valence-corrected chi connectivity index (χ3v) is 4.05. The van der Waals surface area contributed by atoms with Gasteiger partial charge in [0.15, 0.2) is 0 Å². The molecular weight excluding hydrogens is 310 g/mol. The molecule has 124 valence electrons. The molecule has 3 nitrogen and oxygen atoms in total. The molecule has 23 heavy (non-hydrogen) atoms. The Hall–Kier alpha value is -1.55. The molecule has 1 fully saturated rings. The Morgan fingerprint density at radius 3 is 2.91 bits per heavy atom. The molecule has 0 radical (unpaired) electrons. The molecule has 0 bridgehead atoms. The van der Waals surface area contributed by atoms with Crippen LogP contribution in [-0.2, 0) is 11.3 Å². The largest absolute Gasteiger partial charge is 1.00 e. The van der Waals surface area contributed by atoms with Gasteiger partial charge in [-0.25, -0.2) is 0 Å². The van der Waals surface area contributed by atoms with Crippen LogP contribution in [0, 0.1) is 0 Å². The zero-order valence-corrected chi connectivity index (χ0v) is 14.0. The van der Waals surface area contributed by atoms with E-state index in [9.17, 15) is 0 Å². The van der Waals surface area contributed by atoms with E-state index in [2.05, 4.69) is 48.3 Å². The van der Waals surface area contributed by atoms with Gasteiger partial charge in [-0.2, -0.15) is 0 Å². The zero-order chi connectivity index (χ0) is 15.2. The van der Waals surface area contributed by atoms with Crippen LogP contribution in [0.25, 0.3) is 10.8 Å². The van der Waals surface area contributed by atoms with E-state index >= 15 is 0 Å². The minimum Gasteiger partial charge on any atom is -1.00 e. The number of hydrogen-bond donors (Lipinski definition) is 1. The van der Waals surface area contributed by atoms with Crippen LogP contribution in [0.3, 0.4) is 0 Å². The van der Waals surface area contributed by atoms with Crippen molar-refractivity contribution in [3.63, 3.8) is 0 Å². The molecule has 1 heterocycles. The molecule has 1 aliphatic heterocycles. The number of halogens is 1. The number of rotatable bonds is 7. The average Bonchev–Trinajstić information content (AvgIpc) is 3.07. The van der Waals surface area contributed by atoms with Gasteiger partial charge in [0.05, 0.1) is 6.10 Å². The van der Waals surface area contributed by atoms with Crippen molar-refractivity contribution in [2.24, 2.45) is 0 Å². The molecule has 1 atom stereocenters. The van der Waals surface area contributed by atoms with E-state index in [4.69, 9.17) is 9.47 Å². The molecular formula is C19H23ClNO2-. The highest BCUT2D eigenvalue weighted by Crippen LogP contribution is 2.28. The highest BCUT2D eigenvalue weighted by atomic mass is 35.5. The number of fused-ring (bicyclic) bond motifs is 1. The highest BCUT2D eigenvalue weighted by molar-refractivity contribution is 5.87. The molecule has 0 aliphatic carbocycles. The molecule has 0 aromatic heterocycles. The predicted octanol–water partition coefficient (Wildman–Crippen LogP) is 0.677. The van der Waals surface area contributed by atoms with E-state index in [1.807, 2.05) is 0 Å². The SMILES string of the molecule is C=CCOc1ccc2ccccc2c1CNCC1CCCO1.[Cl-]. The van der Waals surface area contributed by atoms with Crippen molar-refractivity contribution in [2.75, 3.05) is 19.8 Å². The first-order valence-corrected chi connectivity index (χ1v) is 7.95. The molecule has 3 rings (SSSR count). The number of nitrogens with one attached hydrogen (secondary N) is 1. The van der Waals surface area contributed by atoms with Gasteiger partial charge >= 0.3 is 0 Å². The van der Waals surface area contributed by atoms with E-state index in [-0.39, 0.29) is 12.4 Å². The van der Waals surface area contributed by atoms with Gasteiger partial charge < -0.3 is 27.2 Å². The van der Waals surface area contributed by atoms with Crippen molar-refractivity contribution < 1.29 is 21.9 Å². The van der Waals surface area contributed by atoms with Crippen molar-refractivity contribution in [3.05, 3.63) is 54.6 Å². The first-order valence-electron chi connectivity index (χ1n) is 7.95. The lowest BCUT2D eigenvalue weighted by Gasteiger charge is -2.16. The lowest BCUT2D eigenvalue weighted by molar-refractivity contribution is -0.00000606. The normalized spacial score (nSPS) is 17.0. The molecule has 0 spiro atoms. The Kier molecular flexibility index (Phi) is 6.90. The van der Waals surface area contributed by atoms with E-state index in [0.29, 0.717) is 12.7 Å². The second-order valence-electron chi connectivity index (χ2n) is 5.63. The van der Waals surface area contributed by atoms with Crippen molar-refractivity contribution in [1.29, 1.82) is 0 Å². The molecule has 0 saturated carbocycles. The van der Waals surface area contributed by atoms with Gasteiger partial charge in [0.25, 0.3) is 0 Å². The smallest absolute Gasteiger partial charge is 0.124 e. The summed E-state index contributed by atoms with van der Waals surface area (Å²) in [4.78, 5) is 0. The van der Waals surface area contributed by atoms with Gasteiger partial charge in [-0.1, -0.05) is 43.0 Å². The standard InChI is InChI=1S/C19H23NO2.ClH/c1-2-11-22-19-10-9-15-6-3-4-8-17(15)18(19)14-20-13-16-7-5-12-21-16;/h2-4,6,8-10,16,20H,1,5,7,11-14H2;1H/p-1. The Balaban J connectivity index is 0.00000192. The van der Waals surface area contributed by atoms with Gasteiger partial charge in [0.2, 0.25) is 0 Å². The molecule has 1 aliphatic rings. The second-order valence-corrected chi connectivity index (χ2v) is 5.63. The van der Waals surface area contributed by atoms with Crippen molar-refractivity contribution in [3.8, 4) is 5.75 Å². The summed E-state index contributed by atoms with van der Waals surface area (Å²) in [7, 11) is 0. The van der Waals surface area contributed by atoms with Gasteiger partial charge in [0.1, 0.15) is 12.4 Å². The van der Waals surface area contributed by atoms with E-state index < -0.39 is 0 Å². The van der Waals surface area contributed by atoms with Crippen LogP contribution in [0.1, 0.15) is 18.4 Å². The summed E-state index contributed by atoms with van der Waals surface area (Å²) in [5.41, 5.74) is 1.21. The van der Waals surface area contributed by atoms with Gasteiger partial charge in [-0.05, 0) is 29.7 Å². The first kappa shape index (κ1) is 17.8. The Morgan fingerprint density at radius 1 is 1.26 bits per heavy atom. The predicted molar refractivity (Wildman–Crippen MR) is 90.3 cm³/mol.